The molecule has 2 aromatic heterocycles. The lowest BCUT2D eigenvalue weighted by Crippen LogP contribution is -1.95. The lowest BCUT2D eigenvalue weighted by Gasteiger charge is -1.93. The Hall–Kier alpha value is -2.59. The molecule has 88 valence electrons. The summed E-state index contributed by atoms with van der Waals surface area (Å²) >= 11 is -0.129. The predicted molar refractivity (Wildman–Crippen MR) is 63.7 cm³/mol. The average Bonchev–Trinajstić information content (AvgIpc) is 2.90. The van der Waals surface area contributed by atoms with E-state index < -0.39 is 5.91 Å². The highest BCUT2D eigenvalue weighted by atomic mass is 32.1. The molecule has 0 bridgehead atoms. The zero-order valence-electron chi connectivity index (χ0n) is 8.95. The number of rotatable bonds is 1. The van der Waals surface area contributed by atoms with E-state index >= 15 is 0 Å². The van der Waals surface area contributed by atoms with Gasteiger partial charge >= 0.3 is 0 Å². The highest BCUT2D eigenvalue weighted by Gasteiger charge is 2.04. The zero-order valence-corrected chi connectivity index (χ0v) is 9.77. The van der Waals surface area contributed by atoms with Gasteiger partial charge in [0, 0.05) is 24.2 Å². The molecule has 2 heterocycles. The average molecular weight is 258 g/mol. The molecule has 0 fully saturated rings. The van der Waals surface area contributed by atoms with Gasteiger partial charge < -0.3 is 0 Å². The third kappa shape index (κ3) is 2.96. The van der Waals surface area contributed by atoms with Gasteiger partial charge in [-0.1, -0.05) is 11.8 Å². The SMILES string of the molecule is O=S=NC(=O)c1cncc(C#Cc2cn[nH]c2)c1. The number of H-pyrrole nitrogens is 1. The summed E-state index contributed by atoms with van der Waals surface area (Å²) in [6.45, 7) is 0. The van der Waals surface area contributed by atoms with E-state index in [9.17, 15) is 9.00 Å². The number of carbonyl (C=O) groups is 1. The number of nitrogens with one attached hydrogen (secondary N) is 1. The number of pyridine rings is 1. The van der Waals surface area contributed by atoms with Gasteiger partial charge in [-0.2, -0.15) is 9.31 Å². The molecule has 0 saturated heterocycles. The molecule has 0 radical (unpaired) electrons. The maximum Gasteiger partial charge on any atom is 0.291 e. The molecule has 2 aromatic rings. The summed E-state index contributed by atoms with van der Waals surface area (Å²) in [4.78, 5) is 15.2. The summed E-state index contributed by atoms with van der Waals surface area (Å²) in [6.07, 6.45) is 6.09. The zero-order chi connectivity index (χ0) is 12.8. The molecule has 0 aliphatic carbocycles. The Morgan fingerprint density at radius 1 is 1.28 bits per heavy atom. The van der Waals surface area contributed by atoms with Crippen LogP contribution in [0.3, 0.4) is 0 Å². The molecule has 0 aromatic carbocycles. The Bertz CT molecular complexity index is 679. The minimum absolute atomic E-state index is 0.129. The van der Waals surface area contributed by atoms with Gasteiger partial charge in [-0.3, -0.25) is 14.9 Å². The van der Waals surface area contributed by atoms with Crippen molar-refractivity contribution in [3.05, 3.63) is 47.5 Å². The third-order valence-corrected chi connectivity index (χ3v) is 2.20. The second kappa shape index (κ2) is 5.65. The number of hydrogen-bond acceptors (Lipinski definition) is 4. The molecule has 0 aliphatic rings. The van der Waals surface area contributed by atoms with Crippen LogP contribution in [0.2, 0.25) is 0 Å². The van der Waals surface area contributed by atoms with Crippen LogP contribution in [0.5, 0.6) is 0 Å². The number of aromatic nitrogens is 3. The van der Waals surface area contributed by atoms with E-state index in [0.717, 1.165) is 5.56 Å². The molecular formula is C11H6N4O2S. The second-order valence-corrected chi connectivity index (χ2v) is 3.50. The lowest BCUT2D eigenvalue weighted by molar-refractivity contribution is 0.100. The van der Waals surface area contributed by atoms with Crippen molar-refractivity contribution in [1.29, 1.82) is 0 Å². The van der Waals surface area contributed by atoms with Crippen LogP contribution in [0.1, 0.15) is 21.5 Å². The Morgan fingerprint density at radius 3 is 2.83 bits per heavy atom. The minimum atomic E-state index is -0.616. The van der Waals surface area contributed by atoms with Gasteiger partial charge in [0.05, 0.1) is 17.3 Å². The van der Waals surface area contributed by atoms with Gasteiger partial charge in [0.2, 0.25) is 11.5 Å². The van der Waals surface area contributed by atoms with Crippen molar-refractivity contribution in [2.45, 2.75) is 0 Å². The molecular weight excluding hydrogens is 252 g/mol. The summed E-state index contributed by atoms with van der Waals surface area (Å²) in [5.41, 5.74) is 1.53. The molecule has 0 aliphatic heterocycles. The molecule has 6 nitrogen and oxygen atoms in total. The quantitative estimate of drug-likeness (QED) is 0.764. The molecule has 1 N–H and O–H groups in total. The van der Waals surface area contributed by atoms with E-state index in [4.69, 9.17) is 0 Å². The number of carbonyl (C=O) groups excluding carboxylic acids is 1. The molecule has 18 heavy (non-hydrogen) atoms. The Kier molecular flexibility index (Phi) is 3.73. The molecule has 0 atom stereocenters. The summed E-state index contributed by atoms with van der Waals surface area (Å²) in [6, 6.07) is 1.53. The standard InChI is InChI=1S/C11H6N4O2S/c16-11(15-18-17)10-3-8(4-12-7-10)1-2-9-5-13-14-6-9/h3-7H,(H,13,14). The highest BCUT2D eigenvalue weighted by molar-refractivity contribution is 7.55. The summed E-state index contributed by atoms with van der Waals surface area (Å²) < 4.78 is 13.3. The normalized spacial score (nSPS) is 9.11. The fourth-order valence-corrected chi connectivity index (χ4v) is 1.35. The topological polar surface area (TPSA) is 88.1 Å². The van der Waals surface area contributed by atoms with E-state index in [0.29, 0.717) is 5.56 Å². The Morgan fingerprint density at radius 2 is 2.11 bits per heavy atom. The van der Waals surface area contributed by atoms with Crippen LogP contribution in [-0.2, 0) is 11.5 Å². The van der Waals surface area contributed by atoms with Gasteiger partial charge in [-0.05, 0) is 6.07 Å². The second-order valence-electron chi connectivity index (χ2n) is 3.17. The van der Waals surface area contributed by atoms with Crippen LogP contribution in [0.4, 0.5) is 0 Å². The van der Waals surface area contributed by atoms with E-state index in [1.165, 1.54) is 18.5 Å². The predicted octanol–water partition coefficient (Wildman–Crippen LogP) is 0.741. The first-order chi connectivity index (χ1) is 8.79. The molecule has 7 heteroatoms. The number of nitrogens with zero attached hydrogens (tertiary/aromatic N) is 3. The Labute approximate surface area is 106 Å². The molecule has 0 spiro atoms. The van der Waals surface area contributed by atoms with Gasteiger partial charge in [0.25, 0.3) is 5.91 Å². The van der Waals surface area contributed by atoms with Crippen LogP contribution in [0.15, 0.2) is 35.2 Å². The van der Waals surface area contributed by atoms with Crippen molar-refractivity contribution < 1.29 is 9.00 Å². The van der Waals surface area contributed by atoms with E-state index in [1.807, 2.05) is 0 Å². The maximum absolute atomic E-state index is 11.3. The highest BCUT2D eigenvalue weighted by Crippen LogP contribution is 2.03. The fourth-order valence-electron chi connectivity index (χ4n) is 1.18. The summed E-state index contributed by atoms with van der Waals surface area (Å²) in [7, 11) is 0. The van der Waals surface area contributed by atoms with Crippen molar-refractivity contribution in [1.82, 2.24) is 15.2 Å². The van der Waals surface area contributed by atoms with E-state index in [2.05, 4.69) is 31.4 Å². The van der Waals surface area contributed by atoms with Crippen molar-refractivity contribution in [3.8, 4) is 11.8 Å². The van der Waals surface area contributed by atoms with Crippen molar-refractivity contribution >= 4 is 17.4 Å². The van der Waals surface area contributed by atoms with E-state index in [1.54, 1.807) is 12.4 Å². The van der Waals surface area contributed by atoms with Crippen LogP contribution in [0, 0.1) is 11.8 Å². The molecule has 0 unspecified atom stereocenters. The largest absolute Gasteiger partial charge is 0.291 e. The Balaban J connectivity index is 2.28. The maximum atomic E-state index is 11.3. The van der Waals surface area contributed by atoms with Gasteiger partial charge in [-0.25, -0.2) is 0 Å². The number of hydrogen-bond donors (Lipinski definition) is 1. The van der Waals surface area contributed by atoms with Crippen molar-refractivity contribution in [2.24, 2.45) is 4.36 Å². The fraction of sp³-hybridized carbons (Fsp3) is 0. The monoisotopic (exact) mass is 258 g/mol. The van der Waals surface area contributed by atoms with E-state index in [-0.39, 0.29) is 17.0 Å². The molecule has 0 saturated carbocycles. The smallest absolute Gasteiger partial charge is 0.284 e. The first kappa shape index (κ1) is 11.9. The van der Waals surface area contributed by atoms with Gasteiger partial charge in [-0.15, -0.1) is 4.36 Å². The van der Waals surface area contributed by atoms with Gasteiger partial charge in [0.1, 0.15) is 0 Å². The van der Waals surface area contributed by atoms with Crippen molar-refractivity contribution in [2.75, 3.05) is 0 Å². The first-order valence-electron chi connectivity index (χ1n) is 4.80. The summed E-state index contributed by atoms with van der Waals surface area (Å²) in [5.74, 6) is 5.06. The van der Waals surface area contributed by atoms with Gasteiger partial charge in [0.15, 0.2) is 0 Å². The van der Waals surface area contributed by atoms with Crippen LogP contribution in [0.25, 0.3) is 0 Å². The molecule has 1 amide bonds. The van der Waals surface area contributed by atoms with Crippen molar-refractivity contribution in [3.63, 3.8) is 0 Å². The summed E-state index contributed by atoms with van der Waals surface area (Å²) in [5, 5.41) is 6.39. The first-order valence-corrected chi connectivity index (χ1v) is 5.49. The third-order valence-electron chi connectivity index (χ3n) is 1.95. The number of aromatic amines is 1. The number of amides is 1. The molecule has 2 rings (SSSR count). The lowest BCUT2D eigenvalue weighted by atomic mass is 10.2. The minimum Gasteiger partial charge on any atom is -0.284 e. The van der Waals surface area contributed by atoms with Crippen LogP contribution < -0.4 is 0 Å². The van der Waals surface area contributed by atoms with Crippen LogP contribution in [-0.4, -0.2) is 25.3 Å². The van der Waals surface area contributed by atoms with Crippen LogP contribution >= 0.6 is 0 Å².